The van der Waals surface area contributed by atoms with Crippen molar-refractivity contribution in [2.24, 2.45) is 0 Å². The van der Waals surface area contributed by atoms with Crippen LogP contribution in [0.5, 0.6) is 0 Å². The molecule has 0 fully saturated rings. The molecule has 0 saturated carbocycles. The van der Waals surface area contributed by atoms with Crippen molar-refractivity contribution >= 4 is 25.3 Å². The van der Waals surface area contributed by atoms with Crippen LogP contribution in [0.25, 0.3) is 0 Å². The number of carbonyl (C=O) groups is 2. The Kier molecular flexibility index (Phi) is 8.95. The van der Waals surface area contributed by atoms with Crippen molar-refractivity contribution in [3.63, 3.8) is 0 Å². The summed E-state index contributed by atoms with van der Waals surface area (Å²) in [6.07, 6.45) is 0.432. The van der Waals surface area contributed by atoms with Crippen molar-refractivity contribution in [3.8, 4) is 0 Å². The second kappa shape index (κ2) is 10.8. The van der Waals surface area contributed by atoms with Gasteiger partial charge in [-0.3, -0.25) is 9.36 Å². The Morgan fingerprint density at radius 3 is 2.39 bits per heavy atom. The Morgan fingerprint density at radius 1 is 1.09 bits per heavy atom. The highest BCUT2D eigenvalue weighted by Gasteiger charge is 2.07. The molecule has 0 amide bonds. The van der Waals surface area contributed by atoms with E-state index >= 15 is 0 Å². The molecule has 1 unspecified atom stereocenters. The molecule has 1 aromatic carbocycles. The van der Waals surface area contributed by atoms with Crippen molar-refractivity contribution in [3.05, 3.63) is 42.5 Å². The topological polar surface area (TPSA) is 78.9 Å². The lowest BCUT2D eigenvalue weighted by atomic mass is 10.4. The molecule has 6 nitrogen and oxygen atoms in total. The third-order valence-corrected chi connectivity index (χ3v) is 3.95. The quantitative estimate of drug-likeness (QED) is 0.281. The fourth-order valence-corrected chi connectivity index (χ4v) is 2.41. The number of ether oxygens (including phenoxy) is 2. The largest absolute Gasteiger partial charge is 0.465 e. The molecule has 126 valence electrons. The summed E-state index contributed by atoms with van der Waals surface area (Å²) in [7, 11) is -2.33. The fourth-order valence-electron chi connectivity index (χ4n) is 1.49. The van der Waals surface area contributed by atoms with E-state index in [1.165, 1.54) is 0 Å². The molecule has 0 aromatic heterocycles. The van der Waals surface area contributed by atoms with Crippen molar-refractivity contribution in [1.82, 2.24) is 0 Å². The molecule has 0 bridgehead atoms. The summed E-state index contributed by atoms with van der Waals surface area (Å²) < 4.78 is 26.8. The normalized spacial score (nSPS) is 11.5. The van der Waals surface area contributed by atoms with E-state index < -0.39 is 20.0 Å². The van der Waals surface area contributed by atoms with E-state index in [9.17, 15) is 14.2 Å². The van der Waals surface area contributed by atoms with Crippen LogP contribution in [0, 0.1) is 0 Å². The van der Waals surface area contributed by atoms with E-state index in [1.54, 1.807) is 31.2 Å². The molecule has 0 heterocycles. The third kappa shape index (κ3) is 8.33. The highest BCUT2D eigenvalue weighted by Crippen LogP contribution is 2.21. The molecule has 0 spiro atoms. The van der Waals surface area contributed by atoms with Gasteiger partial charge >= 0.3 is 11.9 Å². The van der Waals surface area contributed by atoms with Crippen molar-refractivity contribution in [2.75, 3.05) is 19.8 Å². The van der Waals surface area contributed by atoms with Crippen LogP contribution in [0.3, 0.4) is 0 Å². The number of hydrogen-bond acceptors (Lipinski definition) is 6. The first-order chi connectivity index (χ1) is 11.0. The monoisotopic (exact) mass is 340 g/mol. The highest BCUT2D eigenvalue weighted by atomic mass is 31.1. The third-order valence-electron chi connectivity index (χ3n) is 2.68. The zero-order valence-corrected chi connectivity index (χ0v) is 14.1. The molecule has 0 aliphatic heterocycles. The fraction of sp³-hybridized carbons (Fsp3) is 0.375. The zero-order valence-electron chi connectivity index (χ0n) is 13.1. The second-order valence-electron chi connectivity index (χ2n) is 4.74. The lowest BCUT2D eigenvalue weighted by molar-refractivity contribution is -0.145. The number of hydrogen-bond donors (Lipinski definition) is 0. The average Bonchev–Trinajstić information content (AvgIpc) is 2.54. The predicted molar refractivity (Wildman–Crippen MR) is 87.0 cm³/mol. The first kappa shape index (κ1) is 19.1. The molecular formula is C16H21O6P. The Morgan fingerprint density at radius 2 is 1.74 bits per heavy atom. The lowest BCUT2D eigenvalue weighted by Gasteiger charge is -2.07. The van der Waals surface area contributed by atoms with Crippen LogP contribution in [0.4, 0.5) is 0 Å². The summed E-state index contributed by atoms with van der Waals surface area (Å²) in [5.41, 5.74) is 0.327. The van der Waals surface area contributed by atoms with E-state index in [0.717, 1.165) is 0 Å². The van der Waals surface area contributed by atoms with E-state index in [0.29, 0.717) is 17.3 Å². The molecule has 0 aliphatic carbocycles. The summed E-state index contributed by atoms with van der Waals surface area (Å²) in [5, 5.41) is 0.616. The summed E-state index contributed by atoms with van der Waals surface area (Å²) in [6.45, 7) is 5.36. The van der Waals surface area contributed by atoms with Crippen LogP contribution in [-0.2, 0) is 28.2 Å². The maximum absolute atomic E-state index is 11.8. The Hall–Kier alpha value is -1.91. The van der Waals surface area contributed by atoms with Gasteiger partial charge in [-0.1, -0.05) is 24.8 Å². The van der Waals surface area contributed by atoms with E-state index in [2.05, 4.69) is 6.58 Å². The summed E-state index contributed by atoms with van der Waals surface area (Å²) in [4.78, 5) is 22.5. The summed E-state index contributed by atoms with van der Waals surface area (Å²) in [5.74, 6) is -0.908. The number of esters is 2. The van der Waals surface area contributed by atoms with Crippen LogP contribution in [-0.4, -0.2) is 31.8 Å². The molecule has 0 radical (unpaired) electrons. The molecule has 0 saturated heterocycles. The van der Waals surface area contributed by atoms with Crippen LogP contribution in [0.2, 0.25) is 0 Å². The summed E-state index contributed by atoms with van der Waals surface area (Å²) in [6, 6.07) is 8.80. The lowest BCUT2D eigenvalue weighted by Crippen LogP contribution is -2.12. The minimum atomic E-state index is -2.33. The van der Waals surface area contributed by atoms with Crippen molar-refractivity contribution in [1.29, 1.82) is 0 Å². The number of rotatable bonds is 10. The highest BCUT2D eigenvalue weighted by molar-refractivity contribution is 7.48. The van der Waals surface area contributed by atoms with Crippen LogP contribution < -0.4 is 5.30 Å². The van der Waals surface area contributed by atoms with Crippen LogP contribution in [0.15, 0.2) is 42.5 Å². The minimum Gasteiger partial charge on any atom is -0.465 e. The van der Waals surface area contributed by atoms with Crippen LogP contribution in [0.1, 0.15) is 19.8 Å². The zero-order chi connectivity index (χ0) is 17.1. The van der Waals surface area contributed by atoms with Gasteiger partial charge in [0.2, 0.25) is 8.03 Å². The first-order valence-electron chi connectivity index (χ1n) is 7.21. The molecular weight excluding hydrogens is 319 g/mol. The number of carbonyl (C=O) groups excluding carboxylic acids is 2. The minimum absolute atomic E-state index is 0.0226. The van der Waals surface area contributed by atoms with E-state index in [-0.39, 0.29) is 26.2 Å². The molecule has 7 heteroatoms. The SMILES string of the molecule is C=C(C)C(=O)OCCCOC(=O)CCO[PH](=O)c1ccccc1. The molecule has 0 aliphatic rings. The van der Waals surface area contributed by atoms with Gasteiger partial charge in [-0.15, -0.1) is 0 Å². The van der Waals surface area contributed by atoms with Gasteiger partial charge in [0, 0.05) is 17.3 Å². The van der Waals surface area contributed by atoms with Gasteiger partial charge < -0.3 is 14.0 Å². The average molecular weight is 340 g/mol. The molecule has 23 heavy (non-hydrogen) atoms. The predicted octanol–water partition coefficient (Wildman–Crippen LogP) is 2.25. The van der Waals surface area contributed by atoms with E-state index in [1.807, 2.05) is 6.07 Å². The van der Waals surface area contributed by atoms with Gasteiger partial charge in [-0.25, -0.2) is 4.79 Å². The van der Waals surface area contributed by atoms with Crippen molar-refractivity contribution < 1.29 is 28.2 Å². The van der Waals surface area contributed by atoms with Crippen LogP contribution >= 0.6 is 8.03 Å². The Balaban J connectivity index is 2.07. The summed E-state index contributed by atoms with van der Waals surface area (Å²) >= 11 is 0. The molecule has 1 rings (SSSR count). The van der Waals surface area contributed by atoms with Gasteiger partial charge in [-0.2, -0.15) is 0 Å². The van der Waals surface area contributed by atoms with Gasteiger partial charge in [-0.05, 0) is 19.1 Å². The maximum Gasteiger partial charge on any atom is 0.333 e. The molecule has 0 N–H and O–H groups in total. The first-order valence-corrected chi connectivity index (χ1v) is 8.53. The van der Waals surface area contributed by atoms with Crippen molar-refractivity contribution in [2.45, 2.75) is 19.8 Å². The van der Waals surface area contributed by atoms with Gasteiger partial charge in [0.1, 0.15) is 0 Å². The number of benzene rings is 1. The maximum atomic E-state index is 11.8. The standard InChI is InChI=1S/C16H21O6P/c1-13(2)16(18)21-11-6-10-20-15(17)9-12-22-23(19)14-7-4-3-5-8-14/h3-5,7-8,23H,1,6,9-12H2,2H3. The molecule has 1 atom stereocenters. The van der Waals surface area contributed by atoms with Gasteiger partial charge in [0.05, 0.1) is 26.2 Å². The Bertz CT molecular complexity index is 555. The molecule has 1 aromatic rings. The van der Waals surface area contributed by atoms with E-state index in [4.69, 9.17) is 14.0 Å². The Labute approximate surface area is 136 Å². The van der Waals surface area contributed by atoms with Gasteiger partial charge in [0.25, 0.3) is 0 Å². The van der Waals surface area contributed by atoms with Gasteiger partial charge in [0.15, 0.2) is 0 Å². The second-order valence-corrected chi connectivity index (χ2v) is 6.18. The smallest absolute Gasteiger partial charge is 0.333 e.